The van der Waals surface area contributed by atoms with Crippen LogP contribution in [-0.4, -0.2) is 34.2 Å². The number of halogens is 2. The Morgan fingerprint density at radius 1 is 1.39 bits per heavy atom. The molecule has 0 unspecified atom stereocenters. The summed E-state index contributed by atoms with van der Waals surface area (Å²) in [5, 5.41) is 6.70. The minimum atomic E-state index is -0.791. The van der Waals surface area contributed by atoms with Gasteiger partial charge < -0.3 is 5.32 Å². The van der Waals surface area contributed by atoms with E-state index >= 15 is 0 Å². The average molecular weight is 322 g/mol. The summed E-state index contributed by atoms with van der Waals surface area (Å²) in [4.78, 5) is 13.8. The molecule has 124 valence electrons. The molecular formula is C16H20F2N4O. The molecule has 0 radical (unpaired) electrons. The zero-order valence-electron chi connectivity index (χ0n) is 13.4. The van der Waals surface area contributed by atoms with E-state index < -0.39 is 11.6 Å². The number of carbonyl (C=O) groups excluding carboxylic acids is 1. The van der Waals surface area contributed by atoms with Crippen LogP contribution in [0.3, 0.4) is 0 Å². The van der Waals surface area contributed by atoms with E-state index in [2.05, 4.69) is 10.4 Å². The Balaban J connectivity index is 1.92. The number of rotatable bonds is 6. The van der Waals surface area contributed by atoms with E-state index in [1.807, 2.05) is 18.5 Å². The largest absolute Gasteiger partial charge is 0.322 e. The monoisotopic (exact) mass is 322 g/mol. The Morgan fingerprint density at radius 2 is 2.13 bits per heavy atom. The first-order chi connectivity index (χ1) is 10.9. The summed E-state index contributed by atoms with van der Waals surface area (Å²) in [5.74, 6) is -1.83. The third-order valence-electron chi connectivity index (χ3n) is 3.56. The van der Waals surface area contributed by atoms with E-state index in [1.54, 1.807) is 18.1 Å². The lowest BCUT2D eigenvalue weighted by molar-refractivity contribution is -0.117. The molecular weight excluding hydrogens is 302 g/mol. The second kappa shape index (κ2) is 7.32. The second-order valence-corrected chi connectivity index (χ2v) is 5.42. The van der Waals surface area contributed by atoms with Gasteiger partial charge in [-0.3, -0.25) is 14.4 Å². The molecule has 1 N–H and O–H groups in total. The Hall–Kier alpha value is -2.28. The van der Waals surface area contributed by atoms with Crippen molar-refractivity contribution >= 4 is 11.6 Å². The van der Waals surface area contributed by atoms with Gasteiger partial charge in [-0.2, -0.15) is 5.10 Å². The number of hydrogen-bond donors (Lipinski definition) is 1. The van der Waals surface area contributed by atoms with Crippen LogP contribution in [0.4, 0.5) is 14.5 Å². The van der Waals surface area contributed by atoms with E-state index in [4.69, 9.17) is 0 Å². The zero-order chi connectivity index (χ0) is 17.0. The number of aryl methyl sites for hydroxylation is 1. The van der Waals surface area contributed by atoms with Crippen molar-refractivity contribution in [2.75, 3.05) is 18.9 Å². The van der Waals surface area contributed by atoms with Crippen molar-refractivity contribution in [2.24, 2.45) is 0 Å². The summed E-state index contributed by atoms with van der Waals surface area (Å²) >= 11 is 0. The van der Waals surface area contributed by atoms with Crippen molar-refractivity contribution in [1.29, 1.82) is 0 Å². The first kappa shape index (κ1) is 17.1. The molecule has 0 saturated heterocycles. The van der Waals surface area contributed by atoms with Crippen molar-refractivity contribution in [3.05, 3.63) is 47.3 Å². The lowest BCUT2D eigenvalue weighted by Gasteiger charge is -2.16. The summed E-state index contributed by atoms with van der Waals surface area (Å²) in [7, 11) is 1.79. The van der Waals surface area contributed by atoms with E-state index in [0.29, 0.717) is 6.54 Å². The van der Waals surface area contributed by atoms with Crippen LogP contribution in [0.1, 0.15) is 18.2 Å². The molecule has 0 aliphatic rings. The molecule has 7 heteroatoms. The first-order valence-corrected chi connectivity index (χ1v) is 7.35. The Kier molecular flexibility index (Phi) is 5.44. The van der Waals surface area contributed by atoms with Gasteiger partial charge in [0.05, 0.1) is 18.4 Å². The van der Waals surface area contributed by atoms with Crippen molar-refractivity contribution < 1.29 is 13.6 Å². The maximum Gasteiger partial charge on any atom is 0.238 e. The van der Waals surface area contributed by atoms with Crippen LogP contribution < -0.4 is 5.32 Å². The maximum atomic E-state index is 13.5. The van der Waals surface area contributed by atoms with E-state index in [-0.39, 0.29) is 18.1 Å². The third kappa shape index (κ3) is 4.35. The molecule has 1 aromatic heterocycles. The molecule has 0 aliphatic carbocycles. The number of anilines is 1. The molecule has 2 aromatic rings. The van der Waals surface area contributed by atoms with Gasteiger partial charge in [0.15, 0.2) is 0 Å². The molecule has 0 spiro atoms. The lowest BCUT2D eigenvalue weighted by Crippen LogP contribution is -2.30. The van der Waals surface area contributed by atoms with Crippen LogP contribution in [0.15, 0.2) is 24.4 Å². The van der Waals surface area contributed by atoms with Crippen LogP contribution in [-0.2, 0) is 17.9 Å². The fourth-order valence-electron chi connectivity index (χ4n) is 2.33. The first-order valence-electron chi connectivity index (χ1n) is 7.35. The van der Waals surface area contributed by atoms with E-state index in [0.717, 1.165) is 29.9 Å². The van der Waals surface area contributed by atoms with Gasteiger partial charge in [-0.25, -0.2) is 8.78 Å². The Labute approximate surface area is 133 Å². The molecule has 2 rings (SSSR count). The van der Waals surface area contributed by atoms with Crippen molar-refractivity contribution in [1.82, 2.24) is 14.7 Å². The van der Waals surface area contributed by atoms with Crippen molar-refractivity contribution in [2.45, 2.75) is 26.9 Å². The molecule has 1 heterocycles. The fraction of sp³-hybridized carbons (Fsp3) is 0.375. The molecule has 0 aliphatic heterocycles. The van der Waals surface area contributed by atoms with Gasteiger partial charge in [0, 0.05) is 30.4 Å². The SMILES string of the molecule is CCn1ncc(CN(C)CC(=O)Nc2ccc(F)cc2F)c1C. The van der Waals surface area contributed by atoms with Gasteiger partial charge in [0.25, 0.3) is 0 Å². The summed E-state index contributed by atoms with van der Waals surface area (Å²) in [6, 6.07) is 3.05. The highest BCUT2D eigenvalue weighted by atomic mass is 19.1. The molecule has 0 saturated carbocycles. The summed E-state index contributed by atoms with van der Waals surface area (Å²) < 4.78 is 28.2. The third-order valence-corrected chi connectivity index (χ3v) is 3.56. The second-order valence-electron chi connectivity index (χ2n) is 5.42. The van der Waals surface area contributed by atoms with Crippen molar-refractivity contribution in [3.63, 3.8) is 0 Å². The highest BCUT2D eigenvalue weighted by Gasteiger charge is 2.13. The van der Waals surface area contributed by atoms with Gasteiger partial charge in [-0.1, -0.05) is 0 Å². The minimum absolute atomic E-state index is 0.0280. The normalized spacial score (nSPS) is 11.0. The Bertz CT molecular complexity index is 699. The minimum Gasteiger partial charge on any atom is -0.322 e. The molecule has 0 atom stereocenters. The standard InChI is InChI=1S/C16H20F2N4O/c1-4-22-11(2)12(8-19-22)9-21(3)10-16(23)20-15-6-5-13(17)7-14(15)18/h5-8H,4,9-10H2,1-3H3,(H,20,23). The van der Waals surface area contributed by atoms with Crippen LogP contribution >= 0.6 is 0 Å². The van der Waals surface area contributed by atoms with Gasteiger partial charge in [-0.15, -0.1) is 0 Å². The lowest BCUT2D eigenvalue weighted by atomic mass is 10.2. The van der Waals surface area contributed by atoms with Crippen LogP contribution in [0, 0.1) is 18.6 Å². The molecule has 1 amide bonds. The predicted molar refractivity (Wildman–Crippen MR) is 84.0 cm³/mol. The van der Waals surface area contributed by atoms with Gasteiger partial charge >= 0.3 is 0 Å². The van der Waals surface area contributed by atoms with E-state index in [1.165, 1.54) is 6.07 Å². The Morgan fingerprint density at radius 3 is 2.74 bits per heavy atom. The number of likely N-dealkylation sites (N-methyl/N-ethyl adjacent to an activating group) is 1. The van der Waals surface area contributed by atoms with Gasteiger partial charge in [0.2, 0.25) is 5.91 Å². The van der Waals surface area contributed by atoms with Crippen LogP contribution in [0.5, 0.6) is 0 Å². The smallest absolute Gasteiger partial charge is 0.238 e. The molecule has 5 nitrogen and oxygen atoms in total. The highest BCUT2D eigenvalue weighted by Crippen LogP contribution is 2.15. The predicted octanol–water partition coefficient (Wildman–Crippen LogP) is 2.56. The average Bonchev–Trinajstić information content (AvgIpc) is 2.82. The summed E-state index contributed by atoms with van der Waals surface area (Å²) in [5.41, 5.74) is 2.07. The number of amides is 1. The number of nitrogens with zero attached hydrogens (tertiary/aromatic N) is 3. The molecule has 23 heavy (non-hydrogen) atoms. The summed E-state index contributed by atoms with van der Waals surface area (Å²) in [6.45, 7) is 5.43. The van der Waals surface area contributed by atoms with Gasteiger partial charge in [-0.05, 0) is 33.0 Å². The molecule has 1 aromatic carbocycles. The molecule has 0 bridgehead atoms. The van der Waals surface area contributed by atoms with Crippen LogP contribution in [0.2, 0.25) is 0 Å². The zero-order valence-corrected chi connectivity index (χ0v) is 13.4. The summed E-state index contributed by atoms with van der Waals surface area (Å²) in [6.07, 6.45) is 1.78. The van der Waals surface area contributed by atoms with Crippen molar-refractivity contribution in [3.8, 4) is 0 Å². The fourth-order valence-corrected chi connectivity index (χ4v) is 2.33. The molecule has 0 fully saturated rings. The highest BCUT2D eigenvalue weighted by molar-refractivity contribution is 5.92. The quantitative estimate of drug-likeness (QED) is 0.889. The maximum absolute atomic E-state index is 13.5. The topological polar surface area (TPSA) is 50.2 Å². The number of aromatic nitrogens is 2. The number of hydrogen-bond acceptors (Lipinski definition) is 3. The number of benzene rings is 1. The van der Waals surface area contributed by atoms with Gasteiger partial charge in [0.1, 0.15) is 11.6 Å². The number of carbonyl (C=O) groups is 1. The number of nitrogens with one attached hydrogen (secondary N) is 1. The van der Waals surface area contributed by atoms with E-state index in [9.17, 15) is 13.6 Å². The van der Waals surface area contributed by atoms with Crippen LogP contribution in [0.25, 0.3) is 0 Å².